The van der Waals surface area contributed by atoms with Crippen molar-refractivity contribution in [3.8, 4) is 24.7 Å². The number of urea groups is 1. The number of carbonyl (C=O) groups is 5. The van der Waals surface area contributed by atoms with Crippen LogP contribution in [0, 0.1) is 30.1 Å². The largest absolute Gasteiger partial charge is 0.348 e. The lowest BCUT2D eigenvalue weighted by atomic mass is 9.83. The van der Waals surface area contributed by atoms with Gasteiger partial charge in [0.2, 0.25) is 17.6 Å². The zero-order chi connectivity index (χ0) is 37.5. The van der Waals surface area contributed by atoms with Gasteiger partial charge in [-0.25, -0.2) is 13.2 Å². The Labute approximate surface area is 297 Å². The topological polar surface area (TPSA) is 171 Å². The molecule has 5 amide bonds. The average Bonchev–Trinajstić information content (AvgIpc) is 3.07. The van der Waals surface area contributed by atoms with Crippen LogP contribution < -0.4 is 21.3 Å². The van der Waals surface area contributed by atoms with Crippen LogP contribution in [0.4, 0.5) is 4.79 Å². The van der Waals surface area contributed by atoms with Crippen LogP contribution in [-0.4, -0.2) is 85.4 Å². The minimum absolute atomic E-state index is 0.00611. The van der Waals surface area contributed by atoms with Crippen LogP contribution in [-0.2, 0) is 29.0 Å². The van der Waals surface area contributed by atoms with Crippen molar-refractivity contribution in [2.24, 2.45) is 5.41 Å². The summed E-state index contributed by atoms with van der Waals surface area (Å²) in [5, 5.41) is 10.8. The van der Waals surface area contributed by atoms with Gasteiger partial charge < -0.3 is 26.2 Å². The maximum absolute atomic E-state index is 14.2. The Balaban J connectivity index is 2.30. The lowest BCUT2D eigenvalue weighted by Gasteiger charge is -2.40. The van der Waals surface area contributed by atoms with Crippen LogP contribution in [0.2, 0.25) is 0 Å². The zero-order valence-corrected chi connectivity index (χ0v) is 30.8. The van der Waals surface area contributed by atoms with Crippen LogP contribution in [0.25, 0.3) is 0 Å². The molecule has 0 bridgehead atoms. The molecule has 0 heterocycles. The molecule has 1 unspecified atom stereocenters. The Hall–Kier alpha value is -4.36. The number of hydrogen-bond donors (Lipinski definition) is 4. The van der Waals surface area contributed by atoms with E-state index in [1.807, 2.05) is 6.92 Å². The molecular formula is C37H53N5O7S. The minimum Gasteiger partial charge on any atom is -0.348 e. The fraction of sp³-hybridized carbons (Fsp3) is 0.595. The second-order valence-electron chi connectivity index (χ2n) is 13.9. The molecule has 12 nitrogen and oxygen atoms in total. The molecule has 0 spiro atoms. The first-order valence-electron chi connectivity index (χ1n) is 17.2. The molecule has 2 rings (SSSR count). The lowest BCUT2D eigenvalue weighted by molar-refractivity contribution is -0.145. The zero-order valence-electron chi connectivity index (χ0n) is 30.0. The number of nitrogens with zero attached hydrogens (tertiary/aromatic N) is 1. The molecule has 1 saturated carbocycles. The molecule has 1 aromatic rings. The number of ketones is 1. The molecule has 274 valence electrons. The van der Waals surface area contributed by atoms with Gasteiger partial charge in [0.15, 0.2) is 9.84 Å². The van der Waals surface area contributed by atoms with Crippen LogP contribution >= 0.6 is 0 Å². The van der Waals surface area contributed by atoms with Crippen molar-refractivity contribution >= 4 is 39.4 Å². The Morgan fingerprint density at radius 1 is 0.960 bits per heavy atom. The van der Waals surface area contributed by atoms with Gasteiger partial charge in [0.1, 0.15) is 12.1 Å². The number of nitrogens with one attached hydrogen (secondary N) is 4. The number of sulfone groups is 1. The second kappa shape index (κ2) is 19.1. The number of rotatable bonds is 17. The van der Waals surface area contributed by atoms with Crippen molar-refractivity contribution in [2.45, 2.75) is 121 Å². The van der Waals surface area contributed by atoms with E-state index in [9.17, 15) is 32.4 Å². The Bertz CT molecular complexity index is 1530. The van der Waals surface area contributed by atoms with Crippen LogP contribution in [0.1, 0.15) is 92.4 Å². The normalized spacial score (nSPS) is 15.9. The lowest BCUT2D eigenvalue weighted by Crippen LogP contribution is -2.63. The van der Waals surface area contributed by atoms with Gasteiger partial charge in [-0.3, -0.25) is 19.2 Å². The van der Waals surface area contributed by atoms with Crippen molar-refractivity contribution in [2.75, 3.05) is 18.8 Å². The van der Waals surface area contributed by atoms with Crippen LogP contribution in [0.15, 0.2) is 35.2 Å². The third-order valence-corrected chi connectivity index (χ3v) is 10.7. The highest BCUT2D eigenvalue weighted by atomic mass is 32.2. The highest BCUT2D eigenvalue weighted by Crippen LogP contribution is 2.32. The molecule has 0 saturated heterocycles. The van der Waals surface area contributed by atoms with Crippen molar-refractivity contribution in [1.29, 1.82) is 0 Å². The number of carbonyl (C=O) groups excluding carboxylic acids is 5. The highest BCUT2D eigenvalue weighted by molar-refractivity contribution is 7.91. The summed E-state index contributed by atoms with van der Waals surface area (Å²) < 4.78 is 26.8. The number of terminal acetylenes is 2. The molecular weight excluding hydrogens is 659 g/mol. The monoisotopic (exact) mass is 711 g/mol. The highest BCUT2D eigenvalue weighted by Gasteiger charge is 2.42. The second-order valence-corrected chi connectivity index (χ2v) is 15.9. The molecule has 13 heteroatoms. The smallest absolute Gasteiger partial charge is 0.315 e. The molecule has 1 aliphatic carbocycles. The van der Waals surface area contributed by atoms with Gasteiger partial charge >= 0.3 is 6.03 Å². The van der Waals surface area contributed by atoms with E-state index in [1.54, 1.807) is 39.0 Å². The van der Waals surface area contributed by atoms with Gasteiger partial charge in [-0.2, -0.15) is 0 Å². The quantitative estimate of drug-likeness (QED) is 0.109. The summed E-state index contributed by atoms with van der Waals surface area (Å²) >= 11 is 0. The maximum atomic E-state index is 14.2. The number of amides is 5. The van der Waals surface area contributed by atoms with Gasteiger partial charge in [0.25, 0.3) is 5.91 Å². The first kappa shape index (κ1) is 41.8. The van der Waals surface area contributed by atoms with E-state index in [-0.39, 0.29) is 43.0 Å². The molecule has 3 atom stereocenters. The van der Waals surface area contributed by atoms with E-state index in [4.69, 9.17) is 12.8 Å². The fourth-order valence-corrected chi connectivity index (χ4v) is 7.82. The molecule has 0 aromatic heterocycles. The van der Waals surface area contributed by atoms with Crippen LogP contribution in [0.3, 0.4) is 0 Å². The Kier molecular flexibility index (Phi) is 16.0. The number of Topliss-reactive ketones (excluding diaryl/α,β-unsaturated/α-hetero) is 1. The SMILES string of the molecule is C#CCCNC(=O)C(=O)C(CCC#C)NC(=O)[C@H](C)N(CCC)C(=O)[C@@H](NC(=O)NC1(CS(=O)(=O)c2ccccc2)CCCCC1)C(C)(C)C. The molecule has 4 N–H and O–H groups in total. The molecule has 1 fully saturated rings. The van der Waals surface area contributed by atoms with Crippen molar-refractivity contribution in [3.05, 3.63) is 30.3 Å². The number of hydrogen-bond acceptors (Lipinski definition) is 7. The third kappa shape index (κ3) is 12.2. The minimum atomic E-state index is -3.74. The van der Waals surface area contributed by atoms with Crippen molar-refractivity contribution in [1.82, 2.24) is 26.2 Å². The number of benzene rings is 1. The summed E-state index contributed by atoms with van der Waals surface area (Å²) in [6.07, 6.45) is 14.7. The molecule has 0 radical (unpaired) electrons. The molecule has 50 heavy (non-hydrogen) atoms. The van der Waals surface area contributed by atoms with Gasteiger partial charge in [0.05, 0.1) is 22.2 Å². The Morgan fingerprint density at radius 3 is 2.14 bits per heavy atom. The van der Waals surface area contributed by atoms with Gasteiger partial charge in [0, 0.05) is 25.9 Å². The van der Waals surface area contributed by atoms with Crippen LogP contribution in [0.5, 0.6) is 0 Å². The summed E-state index contributed by atoms with van der Waals surface area (Å²) in [6, 6.07) is 3.97. The summed E-state index contributed by atoms with van der Waals surface area (Å²) in [5.74, 6) is 1.47. The van der Waals surface area contributed by atoms with Gasteiger partial charge in [-0.15, -0.1) is 24.7 Å². The van der Waals surface area contributed by atoms with Crippen molar-refractivity contribution in [3.63, 3.8) is 0 Å². The van der Waals surface area contributed by atoms with Gasteiger partial charge in [-0.1, -0.05) is 65.2 Å². The summed E-state index contributed by atoms with van der Waals surface area (Å²) in [7, 11) is -3.74. The molecule has 1 aromatic carbocycles. The van der Waals surface area contributed by atoms with E-state index >= 15 is 0 Å². The predicted octanol–water partition coefficient (Wildman–Crippen LogP) is 3.11. The summed E-state index contributed by atoms with van der Waals surface area (Å²) in [4.78, 5) is 68.4. The van der Waals surface area contributed by atoms with E-state index in [2.05, 4.69) is 33.1 Å². The summed E-state index contributed by atoms with van der Waals surface area (Å²) in [6.45, 7) is 8.89. The summed E-state index contributed by atoms with van der Waals surface area (Å²) in [5.41, 5.74) is -1.86. The molecule has 0 aliphatic heterocycles. The van der Waals surface area contributed by atoms with E-state index in [0.717, 1.165) is 19.3 Å². The van der Waals surface area contributed by atoms with E-state index < -0.39 is 68.5 Å². The first-order valence-corrected chi connectivity index (χ1v) is 18.8. The van der Waals surface area contributed by atoms with E-state index in [0.29, 0.717) is 19.3 Å². The Morgan fingerprint density at radius 2 is 1.58 bits per heavy atom. The standard InChI is InChI=1S/C37H53N5O7S/c1-8-11-21-29(30(43)33(45)38-24-12-9-2)39-32(44)27(4)42(25-10-3)34(46)31(36(5,6)7)40-35(47)41-37(22-17-14-18-23-37)26-50(48,49)28-19-15-13-16-20-28/h1-2,13,15-16,19-20,27,29,31H,10-12,14,17-18,21-26H2,3-7H3,(H,38,45)(H,39,44)(H2,40,41,47)/t27-,29?,31+/m0/s1. The van der Waals surface area contributed by atoms with Crippen molar-refractivity contribution < 1.29 is 32.4 Å². The van der Waals surface area contributed by atoms with E-state index in [1.165, 1.54) is 24.0 Å². The average molecular weight is 712 g/mol. The predicted molar refractivity (Wildman–Crippen MR) is 192 cm³/mol. The van der Waals surface area contributed by atoms with Gasteiger partial charge in [-0.05, 0) is 50.2 Å². The third-order valence-electron chi connectivity index (χ3n) is 8.73. The molecule has 1 aliphatic rings. The first-order chi connectivity index (χ1) is 23.5. The maximum Gasteiger partial charge on any atom is 0.315 e. The fourth-order valence-electron chi connectivity index (χ4n) is 5.99.